The molecule has 1 aliphatic rings. The average Bonchev–Trinajstić information content (AvgIpc) is 2.52. The van der Waals surface area contributed by atoms with E-state index in [9.17, 15) is 4.79 Å². The summed E-state index contributed by atoms with van der Waals surface area (Å²) >= 11 is 0. The van der Waals surface area contributed by atoms with Crippen LogP contribution in [0.25, 0.3) is 0 Å². The van der Waals surface area contributed by atoms with Crippen LogP contribution < -0.4 is 5.73 Å². The van der Waals surface area contributed by atoms with Crippen LogP contribution in [0.2, 0.25) is 0 Å². The van der Waals surface area contributed by atoms with E-state index in [1.807, 2.05) is 34.6 Å². The second kappa shape index (κ2) is 4.34. The molecule has 1 aliphatic carbocycles. The molecule has 1 aromatic rings. The van der Waals surface area contributed by atoms with E-state index < -0.39 is 11.7 Å². The number of fused-ring (bicyclic) bond motifs is 1. The lowest BCUT2D eigenvalue weighted by Crippen LogP contribution is -2.41. The van der Waals surface area contributed by atoms with Gasteiger partial charge in [0.25, 0.3) is 0 Å². The quantitative estimate of drug-likeness (QED) is 0.780. The molecule has 19 heavy (non-hydrogen) atoms. The lowest BCUT2D eigenvalue weighted by Gasteiger charge is -2.28. The number of nitrogens with zero attached hydrogens (tertiary/aromatic N) is 2. The van der Waals surface area contributed by atoms with Crippen molar-refractivity contribution in [2.24, 2.45) is 5.73 Å². The van der Waals surface area contributed by atoms with Crippen molar-refractivity contribution >= 4 is 6.09 Å². The van der Waals surface area contributed by atoms with Crippen LogP contribution in [0, 0.1) is 6.92 Å². The lowest BCUT2D eigenvalue weighted by molar-refractivity contribution is 0.0510. The highest BCUT2D eigenvalue weighted by Crippen LogP contribution is 2.28. The normalized spacial score (nSPS) is 23.1. The fraction of sp³-hybridized carbons (Fsp3) is 0.714. The minimum absolute atomic E-state index is 0.209. The first-order chi connectivity index (χ1) is 8.59. The second-order valence-corrected chi connectivity index (χ2v) is 6.73. The van der Waals surface area contributed by atoms with Crippen molar-refractivity contribution in [3.8, 4) is 0 Å². The van der Waals surface area contributed by atoms with Crippen LogP contribution >= 0.6 is 0 Å². The SMILES string of the molecule is Cc1c2c(nn1C(=O)OC(C)(C)C)CCC(C)(N)C2. The fourth-order valence-corrected chi connectivity index (χ4v) is 2.40. The summed E-state index contributed by atoms with van der Waals surface area (Å²) in [5.74, 6) is 0. The minimum atomic E-state index is -0.516. The summed E-state index contributed by atoms with van der Waals surface area (Å²) in [6, 6.07) is 0. The maximum absolute atomic E-state index is 12.1. The van der Waals surface area contributed by atoms with Crippen molar-refractivity contribution in [1.29, 1.82) is 0 Å². The van der Waals surface area contributed by atoms with E-state index in [-0.39, 0.29) is 5.54 Å². The molecule has 0 spiro atoms. The molecule has 0 aliphatic heterocycles. The third-order valence-corrected chi connectivity index (χ3v) is 3.40. The number of ether oxygens (including phenoxy) is 1. The Balaban J connectivity index is 2.31. The summed E-state index contributed by atoms with van der Waals surface area (Å²) < 4.78 is 6.74. The minimum Gasteiger partial charge on any atom is -0.442 e. The molecule has 106 valence electrons. The van der Waals surface area contributed by atoms with Crippen molar-refractivity contribution in [2.45, 2.75) is 65.0 Å². The Kier molecular flexibility index (Phi) is 3.21. The maximum Gasteiger partial charge on any atom is 0.435 e. The van der Waals surface area contributed by atoms with Gasteiger partial charge in [-0.2, -0.15) is 9.78 Å². The summed E-state index contributed by atoms with van der Waals surface area (Å²) in [5.41, 5.74) is 8.40. The molecule has 1 atom stereocenters. The first-order valence-electron chi connectivity index (χ1n) is 6.69. The van der Waals surface area contributed by atoms with Gasteiger partial charge in [-0.15, -0.1) is 0 Å². The topological polar surface area (TPSA) is 70.1 Å². The van der Waals surface area contributed by atoms with Crippen molar-refractivity contribution in [3.63, 3.8) is 0 Å². The van der Waals surface area contributed by atoms with Gasteiger partial charge >= 0.3 is 6.09 Å². The Morgan fingerprint density at radius 2 is 2.11 bits per heavy atom. The Hall–Kier alpha value is -1.36. The van der Waals surface area contributed by atoms with Gasteiger partial charge in [0.05, 0.1) is 11.4 Å². The summed E-state index contributed by atoms with van der Waals surface area (Å²) in [6.45, 7) is 9.49. The van der Waals surface area contributed by atoms with Crippen LogP contribution in [-0.2, 0) is 17.6 Å². The molecular formula is C14H23N3O2. The van der Waals surface area contributed by atoms with Crippen LogP contribution in [0.4, 0.5) is 4.79 Å². The number of hydrogen-bond acceptors (Lipinski definition) is 4. The van der Waals surface area contributed by atoms with Gasteiger partial charge < -0.3 is 10.5 Å². The van der Waals surface area contributed by atoms with Crippen LogP contribution in [0.15, 0.2) is 0 Å². The highest BCUT2D eigenvalue weighted by Gasteiger charge is 2.31. The van der Waals surface area contributed by atoms with Gasteiger partial charge in [0.2, 0.25) is 0 Å². The zero-order valence-corrected chi connectivity index (χ0v) is 12.4. The first-order valence-corrected chi connectivity index (χ1v) is 6.69. The molecule has 2 N–H and O–H groups in total. The van der Waals surface area contributed by atoms with Crippen LogP contribution in [0.5, 0.6) is 0 Å². The van der Waals surface area contributed by atoms with Crippen molar-refractivity contribution in [3.05, 3.63) is 17.0 Å². The van der Waals surface area contributed by atoms with E-state index in [1.54, 1.807) is 0 Å². The van der Waals surface area contributed by atoms with Crippen LogP contribution in [0.3, 0.4) is 0 Å². The number of rotatable bonds is 0. The number of aromatic nitrogens is 2. The van der Waals surface area contributed by atoms with E-state index in [1.165, 1.54) is 4.68 Å². The zero-order chi connectivity index (χ0) is 14.4. The van der Waals surface area contributed by atoms with Crippen molar-refractivity contribution in [1.82, 2.24) is 9.78 Å². The molecule has 0 bridgehead atoms. The molecule has 1 unspecified atom stereocenters. The largest absolute Gasteiger partial charge is 0.442 e. The molecule has 0 saturated carbocycles. The number of nitrogens with two attached hydrogens (primary N) is 1. The molecule has 5 heteroatoms. The third-order valence-electron chi connectivity index (χ3n) is 3.40. The molecule has 1 heterocycles. The Morgan fingerprint density at radius 1 is 1.47 bits per heavy atom. The molecule has 2 rings (SSSR count). The molecule has 0 amide bonds. The van der Waals surface area contributed by atoms with Crippen molar-refractivity contribution in [2.75, 3.05) is 0 Å². The lowest BCUT2D eigenvalue weighted by atomic mass is 9.82. The number of aryl methyl sites for hydroxylation is 1. The molecule has 0 aromatic carbocycles. The van der Waals surface area contributed by atoms with Gasteiger partial charge in [-0.25, -0.2) is 4.79 Å². The van der Waals surface area contributed by atoms with Crippen LogP contribution in [0.1, 0.15) is 51.1 Å². The molecule has 0 fully saturated rings. The number of carbonyl (C=O) groups excluding carboxylic acids is 1. The average molecular weight is 265 g/mol. The molecule has 5 nitrogen and oxygen atoms in total. The van der Waals surface area contributed by atoms with Gasteiger partial charge in [-0.05, 0) is 59.4 Å². The molecule has 1 aromatic heterocycles. The third kappa shape index (κ3) is 2.97. The van der Waals surface area contributed by atoms with Crippen molar-refractivity contribution < 1.29 is 9.53 Å². The van der Waals surface area contributed by atoms with E-state index >= 15 is 0 Å². The fourth-order valence-electron chi connectivity index (χ4n) is 2.40. The van der Waals surface area contributed by atoms with Crippen LogP contribution in [-0.4, -0.2) is 27.0 Å². The van der Waals surface area contributed by atoms with E-state index in [0.717, 1.165) is 36.2 Å². The van der Waals surface area contributed by atoms with E-state index in [4.69, 9.17) is 10.5 Å². The summed E-state index contributed by atoms with van der Waals surface area (Å²) in [4.78, 5) is 12.1. The van der Waals surface area contributed by atoms with Gasteiger partial charge in [-0.3, -0.25) is 0 Å². The predicted octanol–water partition coefficient (Wildman–Crippen LogP) is 2.18. The van der Waals surface area contributed by atoms with E-state index in [0.29, 0.717) is 0 Å². The summed E-state index contributed by atoms with van der Waals surface area (Å²) in [5, 5.41) is 4.39. The standard InChI is InChI=1S/C14H23N3O2/c1-9-10-8-14(5,15)7-6-11(10)16-17(9)12(18)19-13(2,3)4/h6-8,15H2,1-5H3. The maximum atomic E-state index is 12.1. The second-order valence-electron chi connectivity index (χ2n) is 6.73. The van der Waals surface area contributed by atoms with Gasteiger partial charge in [0.1, 0.15) is 5.60 Å². The Bertz CT molecular complexity index is 509. The van der Waals surface area contributed by atoms with E-state index in [2.05, 4.69) is 5.10 Å². The predicted molar refractivity (Wildman–Crippen MR) is 73.2 cm³/mol. The first kappa shape index (κ1) is 14.1. The summed E-state index contributed by atoms with van der Waals surface area (Å²) in [7, 11) is 0. The highest BCUT2D eigenvalue weighted by atomic mass is 16.6. The summed E-state index contributed by atoms with van der Waals surface area (Å²) in [6.07, 6.45) is 2.05. The van der Waals surface area contributed by atoms with Gasteiger partial charge in [0, 0.05) is 5.54 Å². The van der Waals surface area contributed by atoms with Gasteiger partial charge in [0.15, 0.2) is 0 Å². The monoisotopic (exact) mass is 265 g/mol. The molecule has 0 radical (unpaired) electrons. The molecule has 0 saturated heterocycles. The Morgan fingerprint density at radius 3 is 2.68 bits per heavy atom. The molecular weight excluding hydrogens is 242 g/mol. The highest BCUT2D eigenvalue weighted by molar-refractivity contribution is 5.71. The smallest absolute Gasteiger partial charge is 0.435 e. The Labute approximate surface area is 114 Å². The number of hydrogen-bond donors (Lipinski definition) is 1. The zero-order valence-electron chi connectivity index (χ0n) is 12.4. The number of carbonyl (C=O) groups is 1. The van der Waals surface area contributed by atoms with Gasteiger partial charge in [-0.1, -0.05) is 0 Å².